The fourth-order valence-corrected chi connectivity index (χ4v) is 1.81. The minimum Gasteiger partial charge on any atom is -0.464 e. The summed E-state index contributed by atoms with van der Waals surface area (Å²) in [5.74, 6) is -0.295. The lowest BCUT2D eigenvalue weighted by Gasteiger charge is -2.24. The maximum absolute atomic E-state index is 10.6. The van der Waals surface area contributed by atoms with E-state index in [4.69, 9.17) is 10.5 Å². The van der Waals surface area contributed by atoms with E-state index in [1.165, 1.54) is 6.92 Å². The van der Waals surface area contributed by atoms with Gasteiger partial charge in [0.05, 0.1) is 0 Å². The third-order valence-corrected chi connectivity index (χ3v) is 2.45. The van der Waals surface area contributed by atoms with Gasteiger partial charge in [0.25, 0.3) is 0 Å². The van der Waals surface area contributed by atoms with E-state index in [0.29, 0.717) is 13.2 Å². The van der Waals surface area contributed by atoms with Gasteiger partial charge in [0.1, 0.15) is 6.61 Å². The molecule has 0 aliphatic carbocycles. The number of hydrogen-bond acceptors (Lipinski definition) is 5. The summed E-state index contributed by atoms with van der Waals surface area (Å²) < 4.78 is 4.91. The molecule has 1 aliphatic heterocycles. The van der Waals surface area contributed by atoms with Crippen molar-refractivity contribution in [3.8, 4) is 0 Å². The molecular weight excluding hydrogens is 183 g/mol. The Kier molecular flexibility index (Phi) is 3.91. The molecule has 3 N–H and O–H groups in total. The van der Waals surface area contributed by atoms with Gasteiger partial charge in [0.15, 0.2) is 0 Å². The minimum absolute atomic E-state index is 0.0499. The summed E-state index contributed by atoms with van der Waals surface area (Å²) in [5, 5.41) is 9.44. The van der Waals surface area contributed by atoms with Gasteiger partial charge in [-0.2, -0.15) is 0 Å². The van der Waals surface area contributed by atoms with Crippen molar-refractivity contribution in [3.05, 3.63) is 0 Å². The van der Waals surface area contributed by atoms with Gasteiger partial charge in [0.2, 0.25) is 0 Å². The summed E-state index contributed by atoms with van der Waals surface area (Å²) >= 11 is 0. The Hall–Kier alpha value is -0.585. The predicted molar refractivity (Wildman–Crippen MR) is 53.6 cm³/mol. The molecule has 80 valence electrons. The van der Waals surface area contributed by atoms with Crippen molar-refractivity contribution in [2.45, 2.75) is 32.3 Å². The molecule has 0 aromatic rings. The van der Waals surface area contributed by atoms with Crippen LogP contribution < -0.4 is 5.73 Å². The normalized spacial score (nSPS) is 27.7. The zero-order chi connectivity index (χ0) is 10.7. The number of nitrogens with two attached hydrogens (primary N) is 1. The van der Waals surface area contributed by atoms with Gasteiger partial charge in [-0.15, -0.1) is 0 Å². The van der Waals surface area contributed by atoms with Crippen LogP contribution in [0.15, 0.2) is 0 Å². The van der Waals surface area contributed by atoms with Crippen molar-refractivity contribution in [2.75, 3.05) is 13.2 Å². The van der Waals surface area contributed by atoms with Gasteiger partial charge >= 0.3 is 13.0 Å². The third kappa shape index (κ3) is 2.97. The van der Waals surface area contributed by atoms with E-state index in [-0.39, 0.29) is 18.1 Å². The van der Waals surface area contributed by atoms with Crippen molar-refractivity contribution in [1.82, 2.24) is 4.81 Å². The molecule has 0 unspecified atom stereocenters. The number of esters is 1. The summed E-state index contributed by atoms with van der Waals surface area (Å²) in [6.45, 7) is 4.04. The van der Waals surface area contributed by atoms with Crippen LogP contribution in [-0.4, -0.2) is 48.1 Å². The zero-order valence-electron chi connectivity index (χ0n) is 8.64. The first kappa shape index (κ1) is 11.5. The summed E-state index contributed by atoms with van der Waals surface area (Å²) in [4.78, 5) is 12.5. The van der Waals surface area contributed by atoms with Gasteiger partial charge in [-0.05, 0) is 13.2 Å². The number of hydrogen-bond donors (Lipinski definition) is 2. The van der Waals surface area contributed by atoms with Crippen LogP contribution in [0.1, 0.15) is 13.3 Å². The average molecular weight is 200 g/mol. The maximum Gasteiger partial charge on any atom is 0.376 e. The summed E-state index contributed by atoms with van der Waals surface area (Å²) in [5.41, 5.74) is 5.77. The first-order valence-corrected chi connectivity index (χ1v) is 4.83. The Bertz CT molecular complexity index is 213. The molecule has 0 radical (unpaired) electrons. The number of carbonyl (C=O) groups is 1. The van der Waals surface area contributed by atoms with E-state index in [0.717, 1.165) is 6.42 Å². The van der Waals surface area contributed by atoms with Crippen LogP contribution in [0.25, 0.3) is 0 Å². The average Bonchev–Trinajstić information content (AvgIpc) is 2.43. The second kappa shape index (κ2) is 4.77. The maximum atomic E-state index is 10.6. The highest BCUT2D eigenvalue weighted by molar-refractivity contribution is 6.45. The molecule has 5 nitrogen and oxygen atoms in total. The predicted octanol–water partition coefficient (Wildman–Crippen LogP) is -0.939. The Morgan fingerprint density at radius 1 is 1.79 bits per heavy atom. The quantitative estimate of drug-likeness (QED) is 0.454. The summed E-state index contributed by atoms with van der Waals surface area (Å²) in [6.07, 6.45) is 0.762. The summed E-state index contributed by atoms with van der Waals surface area (Å²) in [7, 11) is -0.538. The van der Waals surface area contributed by atoms with Crippen LogP contribution in [-0.2, 0) is 9.53 Å². The van der Waals surface area contributed by atoms with Crippen LogP contribution >= 0.6 is 0 Å². The number of ether oxygens (including phenoxy) is 1. The van der Waals surface area contributed by atoms with E-state index in [2.05, 4.69) is 0 Å². The molecule has 1 rings (SSSR count). The Morgan fingerprint density at radius 2 is 2.43 bits per heavy atom. The van der Waals surface area contributed by atoms with E-state index >= 15 is 0 Å². The van der Waals surface area contributed by atoms with Gasteiger partial charge in [-0.3, -0.25) is 4.79 Å². The standard InChI is InChI=1S/C8H17BN2O3/c1-6(12)14-5-8-3-7(10)4-11(8)9(2)13/h7-8,13H,3-5,10H2,1-2H3/t7-,8-/m1/s1. The third-order valence-electron chi connectivity index (χ3n) is 2.45. The molecule has 0 aromatic heterocycles. The number of rotatable bonds is 3. The molecule has 0 spiro atoms. The molecule has 1 heterocycles. The van der Waals surface area contributed by atoms with Crippen LogP contribution in [0.5, 0.6) is 0 Å². The van der Waals surface area contributed by atoms with Crippen molar-refractivity contribution >= 4 is 13.0 Å². The topological polar surface area (TPSA) is 75.8 Å². The van der Waals surface area contributed by atoms with Crippen molar-refractivity contribution < 1.29 is 14.6 Å². The molecule has 2 atom stereocenters. The lowest BCUT2D eigenvalue weighted by Crippen LogP contribution is -2.43. The van der Waals surface area contributed by atoms with E-state index in [1.807, 2.05) is 4.81 Å². The molecule has 0 saturated carbocycles. The molecule has 1 aliphatic rings. The van der Waals surface area contributed by atoms with Gasteiger partial charge in [-0.25, -0.2) is 0 Å². The molecule has 1 saturated heterocycles. The number of nitrogens with zero attached hydrogens (tertiary/aromatic N) is 1. The second-order valence-electron chi connectivity index (χ2n) is 3.78. The fraction of sp³-hybridized carbons (Fsp3) is 0.875. The van der Waals surface area contributed by atoms with Crippen LogP contribution in [0, 0.1) is 0 Å². The molecule has 14 heavy (non-hydrogen) atoms. The molecule has 0 amide bonds. The smallest absolute Gasteiger partial charge is 0.376 e. The lowest BCUT2D eigenvalue weighted by molar-refractivity contribution is -0.142. The van der Waals surface area contributed by atoms with Crippen LogP contribution in [0.4, 0.5) is 0 Å². The van der Waals surface area contributed by atoms with Gasteiger partial charge in [0, 0.05) is 25.6 Å². The minimum atomic E-state index is -0.538. The summed E-state index contributed by atoms with van der Waals surface area (Å²) in [6, 6.07) is 0.110. The Morgan fingerprint density at radius 3 is 2.93 bits per heavy atom. The zero-order valence-corrected chi connectivity index (χ0v) is 8.64. The van der Waals surface area contributed by atoms with Gasteiger partial charge < -0.3 is 20.3 Å². The molecule has 1 fully saturated rings. The SMILES string of the molecule is CB(O)N1C[C@H](N)C[C@@H]1COC(C)=O. The van der Waals surface area contributed by atoms with Crippen molar-refractivity contribution in [2.24, 2.45) is 5.73 Å². The Labute approximate surface area is 84.3 Å². The second-order valence-corrected chi connectivity index (χ2v) is 3.78. The Balaban J connectivity index is 2.45. The largest absolute Gasteiger partial charge is 0.464 e. The van der Waals surface area contributed by atoms with E-state index < -0.39 is 7.05 Å². The van der Waals surface area contributed by atoms with Gasteiger partial charge in [-0.1, -0.05) is 0 Å². The highest BCUT2D eigenvalue weighted by Crippen LogP contribution is 2.17. The highest BCUT2D eigenvalue weighted by atomic mass is 16.5. The first-order valence-electron chi connectivity index (χ1n) is 4.83. The van der Waals surface area contributed by atoms with Crippen LogP contribution in [0.2, 0.25) is 6.82 Å². The van der Waals surface area contributed by atoms with E-state index in [9.17, 15) is 9.82 Å². The van der Waals surface area contributed by atoms with Crippen molar-refractivity contribution in [3.63, 3.8) is 0 Å². The van der Waals surface area contributed by atoms with E-state index in [1.54, 1.807) is 6.82 Å². The molecule has 0 bridgehead atoms. The fourth-order valence-electron chi connectivity index (χ4n) is 1.81. The molecule has 6 heteroatoms. The lowest BCUT2D eigenvalue weighted by atomic mass is 9.84. The monoisotopic (exact) mass is 200 g/mol. The highest BCUT2D eigenvalue weighted by Gasteiger charge is 2.34. The number of carbonyl (C=O) groups excluding carboxylic acids is 1. The first-order chi connectivity index (χ1) is 6.50. The molecular formula is C8H17BN2O3. The van der Waals surface area contributed by atoms with Crippen LogP contribution in [0.3, 0.4) is 0 Å². The molecule has 0 aromatic carbocycles. The van der Waals surface area contributed by atoms with Crippen molar-refractivity contribution in [1.29, 1.82) is 0 Å².